The van der Waals surface area contributed by atoms with E-state index in [2.05, 4.69) is 4.98 Å². The average molecular weight is 343 g/mol. The molecule has 2 aromatic rings. The van der Waals surface area contributed by atoms with Crippen molar-refractivity contribution < 1.29 is 9.53 Å². The Morgan fingerprint density at radius 3 is 2.33 bits per heavy atom. The molecule has 0 spiro atoms. The number of aromatic nitrogens is 1. The van der Waals surface area contributed by atoms with Crippen molar-refractivity contribution in [1.82, 2.24) is 4.98 Å². The first-order valence-electron chi connectivity index (χ1n) is 5.93. The Morgan fingerprint density at radius 2 is 1.76 bits per heavy atom. The summed E-state index contributed by atoms with van der Waals surface area (Å²) in [5, 5.41) is 0. The van der Waals surface area contributed by atoms with Gasteiger partial charge in [-0.3, -0.25) is 4.98 Å². The van der Waals surface area contributed by atoms with Gasteiger partial charge in [0.05, 0.1) is 5.69 Å². The molecule has 1 aromatic carbocycles. The fourth-order valence-electron chi connectivity index (χ4n) is 1.47. The van der Waals surface area contributed by atoms with Crippen LogP contribution in [0.3, 0.4) is 0 Å². The van der Waals surface area contributed by atoms with Crippen LogP contribution in [0.1, 0.15) is 11.3 Å². The van der Waals surface area contributed by atoms with Gasteiger partial charge in [-0.15, -0.1) is 0 Å². The van der Waals surface area contributed by atoms with E-state index in [0.717, 1.165) is 11.3 Å². The van der Waals surface area contributed by atoms with Gasteiger partial charge in [0.15, 0.2) is 0 Å². The molecule has 0 unspecified atom stereocenters. The van der Waals surface area contributed by atoms with Crippen LogP contribution in [0.4, 0.5) is 0 Å². The lowest BCUT2D eigenvalue weighted by atomic mass is 10.2. The summed E-state index contributed by atoms with van der Waals surface area (Å²) >= 11 is 16.3. The summed E-state index contributed by atoms with van der Waals surface area (Å²) in [5.74, 6) is -0.634. The Bertz CT molecular complexity index is 634. The number of pyridine rings is 1. The van der Waals surface area contributed by atoms with E-state index >= 15 is 0 Å². The molecule has 0 aliphatic rings. The highest BCUT2D eigenvalue weighted by atomic mass is 35.6. The van der Waals surface area contributed by atoms with E-state index in [4.69, 9.17) is 39.5 Å². The largest absolute Gasteiger partial charge is 0.423 e. The van der Waals surface area contributed by atoms with Crippen molar-refractivity contribution in [2.45, 2.75) is 3.79 Å². The van der Waals surface area contributed by atoms with Crippen LogP contribution in [-0.4, -0.2) is 14.7 Å². The first kappa shape index (κ1) is 15.8. The van der Waals surface area contributed by atoms with E-state index in [9.17, 15) is 4.79 Å². The zero-order chi connectivity index (χ0) is 15.3. The number of rotatable bonds is 3. The summed E-state index contributed by atoms with van der Waals surface area (Å²) < 4.78 is 2.84. The lowest BCUT2D eigenvalue weighted by molar-refractivity contribution is -0.133. The molecule has 0 saturated heterocycles. The lowest BCUT2D eigenvalue weighted by Gasteiger charge is -2.10. The Balaban J connectivity index is 2.03. The zero-order valence-electron chi connectivity index (χ0n) is 10.7. The quantitative estimate of drug-likeness (QED) is 0.467. The molecule has 0 radical (unpaired) electrons. The molecule has 0 aliphatic carbocycles. The van der Waals surface area contributed by atoms with Crippen molar-refractivity contribution in [2.75, 3.05) is 0 Å². The summed E-state index contributed by atoms with van der Waals surface area (Å²) in [5.41, 5.74) is 1.78. The summed E-state index contributed by atoms with van der Waals surface area (Å²) in [7, 11) is 0. The number of carbonyl (C=O) groups excluding carboxylic acids is 1. The fraction of sp³-hybridized carbons (Fsp3) is 0.0667. The Labute approximate surface area is 137 Å². The minimum absolute atomic E-state index is 0.307. The summed E-state index contributed by atoms with van der Waals surface area (Å²) in [6.45, 7) is 0. The van der Waals surface area contributed by atoms with Gasteiger partial charge in [-0.2, -0.15) is 0 Å². The number of carbonyl (C=O) groups is 1. The van der Waals surface area contributed by atoms with Crippen molar-refractivity contribution in [3.05, 3.63) is 59.9 Å². The second kappa shape index (κ2) is 6.94. The van der Waals surface area contributed by atoms with Gasteiger partial charge in [-0.25, -0.2) is 4.79 Å². The first-order chi connectivity index (χ1) is 9.95. The molecule has 3 nitrogen and oxygen atoms in total. The third kappa shape index (κ3) is 5.05. The Kier molecular flexibility index (Phi) is 5.23. The average Bonchev–Trinajstić information content (AvgIpc) is 2.46. The van der Waals surface area contributed by atoms with Crippen LogP contribution in [0.25, 0.3) is 12.2 Å². The minimum Gasteiger partial charge on any atom is -0.423 e. The van der Waals surface area contributed by atoms with E-state index in [0.29, 0.717) is 5.75 Å². The van der Waals surface area contributed by atoms with Crippen LogP contribution in [0.5, 0.6) is 5.75 Å². The molecular formula is C15H10Cl3NO2. The van der Waals surface area contributed by atoms with Crippen LogP contribution >= 0.6 is 34.8 Å². The SMILES string of the molecule is O=C(Oc1ccc(/C=C/c2ccccn2)cc1)C(Cl)(Cl)Cl. The smallest absolute Gasteiger partial charge is 0.363 e. The summed E-state index contributed by atoms with van der Waals surface area (Å²) in [6, 6.07) is 12.4. The number of esters is 1. The number of hydrogen-bond donors (Lipinski definition) is 0. The van der Waals surface area contributed by atoms with Crippen molar-refractivity contribution in [1.29, 1.82) is 0 Å². The van der Waals surface area contributed by atoms with Crippen LogP contribution in [-0.2, 0) is 4.79 Å². The minimum atomic E-state index is -2.09. The molecule has 1 heterocycles. The van der Waals surface area contributed by atoms with Gasteiger partial charge < -0.3 is 4.74 Å². The third-order valence-electron chi connectivity index (χ3n) is 2.46. The Hall–Kier alpha value is -1.55. The van der Waals surface area contributed by atoms with Crippen molar-refractivity contribution >= 4 is 52.9 Å². The molecule has 0 bridgehead atoms. The molecule has 6 heteroatoms. The predicted molar refractivity (Wildman–Crippen MR) is 85.5 cm³/mol. The van der Waals surface area contributed by atoms with Crippen LogP contribution in [0, 0.1) is 0 Å². The maximum Gasteiger partial charge on any atom is 0.363 e. The number of benzene rings is 1. The monoisotopic (exact) mass is 341 g/mol. The highest BCUT2D eigenvalue weighted by Gasteiger charge is 2.33. The molecule has 108 valence electrons. The molecule has 0 atom stereocenters. The fourth-order valence-corrected chi connectivity index (χ4v) is 1.58. The molecular weight excluding hydrogens is 333 g/mol. The number of hydrogen-bond acceptors (Lipinski definition) is 3. The summed E-state index contributed by atoms with van der Waals surface area (Å²) in [4.78, 5) is 15.6. The number of alkyl halides is 3. The van der Waals surface area contributed by atoms with E-state index in [1.54, 1.807) is 30.5 Å². The maximum absolute atomic E-state index is 11.4. The van der Waals surface area contributed by atoms with Crippen molar-refractivity contribution in [2.24, 2.45) is 0 Å². The molecule has 0 fully saturated rings. The summed E-state index contributed by atoms with van der Waals surface area (Å²) in [6.07, 6.45) is 5.49. The lowest BCUT2D eigenvalue weighted by Crippen LogP contribution is -2.24. The van der Waals surface area contributed by atoms with E-state index in [1.165, 1.54) is 0 Å². The first-order valence-corrected chi connectivity index (χ1v) is 7.07. The van der Waals surface area contributed by atoms with Gasteiger partial charge in [0.1, 0.15) is 5.75 Å². The van der Waals surface area contributed by atoms with Gasteiger partial charge in [0.25, 0.3) is 3.79 Å². The van der Waals surface area contributed by atoms with Gasteiger partial charge in [-0.1, -0.05) is 59.1 Å². The van der Waals surface area contributed by atoms with Gasteiger partial charge in [-0.05, 0) is 35.9 Å². The van der Waals surface area contributed by atoms with E-state index < -0.39 is 9.76 Å². The molecule has 0 aliphatic heterocycles. The molecule has 1 aromatic heterocycles. The highest BCUT2D eigenvalue weighted by Crippen LogP contribution is 2.28. The number of nitrogens with zero attached hydrogens (tertiary/aromatic N) is 1. The zero-order valence-corrected chi connectivity index (χ0v) is 12.9. The maximum atomic E-state index is 11.4. The molecule has 2 rings (SSSR count). The van der Waals surface area contributed by atoms with Crippen LogP contribution in [0.15, 0.2) is 48.7 Å². The van der Waals surface area contributed by atoms with Crippen molar-refractivity contribution in [3.8, 4) is 5.75 Å². The molecule has 0 N–H and O–H groups in total. The van der Waals surface area contributed by atoms with Crippen molar-refractivity contribution in [3.63, 3.8) is 0 Å². The highest BCUT2D eigenvalue weighted by molar-refractivity contribution is 6.75. The third-order valence-corrected chi connectivity index (χ3v) is 2.92. The van der Waals surface area contributed by atoms with Crippen LogP contribution in [0.2, 0.25) is 0 Å². The predicted octanol–water partition coefficient (Wildman–Crippen LogP) is 4.53. The Morgan fingerprint density at radius 1 is 1.05 bits per heavy atom. The topological polar surface area (TPSA) is 39.2 Å². The second-order valence-corrected chi connectivity index (χ2v) is 6.33. The molecule has 21 heavy (non-hydrogen) atoms. The van der Waals surface area contributed by atoms with Gasteiger partial charge in [0.2, 0.25) is 0 Å². The van der Waals surface area contributed by atoms with E-state index in [-0.39, 0.29) is 0 Å². The molecule has 0 saturated carbocycles. The normalized spacial score (nSPS) is 11.6. The van der Waals surface area contributed by atoms with Gasteiger partial charge >= 0.3 is 5.97 Å². The molecule has 0 amide bonds. The van der Waals surface area contributed by atoms with E-state index in [1.807, 2.05) is 30.4 Å². The van der Waals surface area contributed by atoms with Crippen LogP contribution < -0.4 is 4.74 Å². The van der Waals surface area contributed by atoms with Gasteiger partial charge in [0, 0.05) is 6.20 Å². The second-order valence-electron chi connectivity index (χ2n) is 4.04. The standard InChI is InChI=1S/C15H10Cl3NO2/c16-15(17,18)14(20)21-13-8-5-11(6-9-13)4-7-12-3-1-2-10-19-12/h1-10H/b7-4+. The number of ether oxygens (including phenoxy) is 1. The number of halogens is 3.